The zero-order valence-corrected chi connectivity index (χ0v) is 22.7. The van der Waals surface area contributed by atoms with Crippen LogP contribution in [0.4, 0.5) is 11.6 Å². The number of nitrogens with one attached hydrogen (secondary N) is 1. The van der Waals surface area contributed by atoms with Gasteiger partial charge in [0.1, 0.15) is 5.75 Å². The van der Waals surface area contributed by atoms with Crippen molar-refractivity contribution in [3.63, 3.8) is 0 Å². The van der Waals surface area contributed by atoms with E-state index in [9.17, 15) is 4.79 Å². The Hall–Kier alpha value is -2.25. The van der Waals surface area contributed by atoms with Crippen molar-refractivity contribution in [3.05, 3.63) is 36.0 Å². The molecule has 1 N–H and O–H groups in total. The van der Waals surface area contributed by atoms with E-state index in [0.717, 1.165) is 37.2 Å². The third-order valence-corrected chi connectivity index (χ3v) is 7.18. The van der Waals surface area contributed by atoms with Gasteiger partial charge in [0.15, 0.2) is 5.65 Å². The van der Waals surface area contributed by atoms with Crippen LogP contribution in [0.1, 0.15) is 31.1 Å². The number of aromatic nitrogens is 3. The number of amides is 1. The van der Waals surface area contributed by atoms with Crippen LogP contribution in [0.25, 0.3) is 11.0 Å². The fourth-order valence-corrected chi connectivity index (χ4v) is 5.01. The minimum absolute atomic E-state index is 0.0152. The standard InChI is InChI=1S/C23H29IN6O3S/c1-5-32-21-17-8-9-30(34-24)20(17)26-23(27-21)25-18-7-6-16(14-19(18)33-15(2)3)22(31)29-12-10-28(4)11-13-29/h6-9,14-15H,5,10-13H2,1-4H3,(H,25,26,27). The number of nitrogens with zero attached hydrogens (tertiary/aromatic N) is 5. The van der Waals surface area contributed by atoms with Crippen molar-refractivity contribution in [2.75, 3.05) is 45.2 Å². The van der Waals surface area contributed by atoms with Crippen LogP contribution in [0.5, 0.6) is 11.6 Å². The molecule has 0 spiro atoms. The average Bonchev–Trinajstić information content (AvgIpc) is 3.23. The van der Waals surface area contributed by atoms with E-state index in [2.05, 4.69) is 43.5 Å². The molecule has 1 aliphatic heterocycles. The highest BCUT2D eigenvalue weighted by Gasteiger charge is 2.22. The number of fused-ring (bicyclic) bond motifs is 1. The number of hydrogen-bond acceptors (Lipinski definition) is 8. The molecule has 0 saturated carbocycles. The molecule has 182 valence electrons. The molecule has 2 aromatic heterocycles. The number of likely N-dealkylation sites (N-methyl/N-ethyl adjacent to an activating group) is 1. The summed E-state index contributed by atoms with van der Waals surface area (Å²) in [6, 6.07) is 7.42. The first kappa shape index (κ1) is 24.9. The van der Waals surface area contributed by atoms with Crippen molar-refractivity contribution in [2.45, 2.75) is 26.9 Å². The lowest BCUT2D eigenvalue weighted by Crippen LogP contribution is -2.47. The van der Waals surface area contributed by atoms with E-state index in [1.54, 1.807) is 6.07 Å². The highest BCUT2D eigenvalue weighted by atomic mass is 127. The fourth-order valence-electron chi connectivity index (χ4n) is 3.75. The Balaban J connectivity index is 1.66. The second kappa shape index (κ2) is 11.0. The van der Waals surface area contributed by atoms with Gasteiger partial charge in [0, 0.05) is 68.3 Å². The van der Waals surface area contributed by atoms with Crippen LogP contribution in [0.2, 0.25) is 0 Å². The molecule has 1 saturated heterocycles. The van der Waals surface area contributed by atoms with Gasteiger partial charge in [0.2, 0.25) is 11.8 Å². The van der Waals surface area contributed by atoms with Crippen LogP contribution >= 0.6 is 30.3 Å². The van der Waals surface area contributed by atoms with E-state index in [0.29, 0.717) is 35.4 Å². The molecule has 0 aliphatic carbocycles. The number of rotatable bonds is 8. The molecule has 0 bridgehead atoms. The number of ether oxygens (including phenoxy) is 2. The van der Waals surface area contributed by atoms with Crippen molar-refractivity contribution in [1.29, 1.82) is 0 Å². The summed E-state index contributed by atoms with van der Waals surface area (Å²) in [6.07, 6.45) is 1.87. The number of carbonyl (C=O) groups is 1. The number of piperazine rings is 1. The monoisotopic (exact) mass is 596 g/mol. The Bertz CT molecular complexity index is 1160. The van der Waals surface area contributed by atoms with Crippen LogP contribution in [0.3, 0.4) is 0 Å². The molecule has 3 heterocycles. The SMILES string of the molecule is CCOc1nc(Nc2ccc(C(=O)N3CCN(C)CC3)cc2OC(C)C)nc2c1ccn2SI. The first-order valence-electron chi connectivity index (χ1n) is 11.3. The van der Waals surface area contributed by atoms with Crippen LogP contribution < -0.4 is 14.8 Å². The van der Waals surface area contributed by atoms with Gasteiger partial charge >= 0.3 is 0 Å². The lowest BCUT2D eigenvalue weighted by atomic mass is 10.1. The predicted molar refractivity (Wildman–Crippen MR) is 145 cm³/mol. The molecule has 0 unspecified atom stereocenters. The van der Waals surface area contributed by atoms with Crippen LogP contribution in [0, 0.1) is 0 Å². The van der Waals surface area contributed by atoms with Crippen molar-refractivity contribution >= 4 is 58.9 Å². The van der Waals surface area contributed by atoms with E-state index in [4.69, 9.17) is 14.5 Å². The maximum Gasteiger partial charge on any atom is 0.254 e. The van der Waals surface area contributed by atoms with E-state index in [1.807, 2.05) is 54.0 Å². The van der Waals surface area contributed by atoms with Crippen molar-refractivity contribution in [1.82, 2.24) is 23.7 Å². The molecular formula is C23H29IN6O3S. The zero-order chi connectivity index (χ0) is 24.2. The second-order valence-electron chi connectivity index (χ2n) is 8.33. The van der Waals surface area contributed by atoms with Crippen LogP contribution in [-0.4, -0.2) is 75.6 Å². The van der Waals surface area contributed by atoms with Gasteiger partial charge in [0.05, 0.1) is 23.8 Å². The van der Waals surface area contributed by atoms with E-state index < -0.39 is 0 Å². The normalized spacial score (nSPS) is 14.6. The molecule has 1 amide bonds. The number of halogens is 1. The average molecular weight is 596 g/mol. The van der Waals surface area contributed by atoms with Crippen molar-refractivity contribution in [2.24, 2.45) is 0 Å². The van der Waals surface area contributed by atoms with Gasteiger partial charge in [-0.2, -0.15) is 9.97 Å². The summed E-state index contributed by atoms with van der Waals surface area (Å²) in [4.78, 5) is 26.5. The van der Waals surface area contributed by atoms with E-state index in [1.165, 1.54) is 9.12 Å². The van der Waals surface area contributed by atoms with Crippen molar-refractivity contribution < 1.29 is 14.3 Å². The molecule has 1 aromatic carbocycles. The highest BCUT2D eigenvalue weighted by Crippen LogP contribution is 2.33. The lowest BCUT2D eigenvalue weighted by Gasteiger charge is -2.32. The largest absolute Gasteiger partial charge is 0.489 e. The molecule has 0 atom stereocenters. The lowest BCUT2D eigenvalue weighted by molar-refractivity contribution is 0.0663. The molecule has 1 aliphatic rings. The quantitative estimate of drug-likeness (QED) is 0.378. The van der Waals surface area contributed by atoms with Crippen LogP contribution in [0.15, 0.2) is 30.5 Å². The number of hydrogen-bond donors (Lipinski definition) is 1. The molecule has 4 rings (SSSR count). The third-order valence-electron chi connectivity index (χ3n) is 5.46. The first-order valence-corrected chi connectivity index (χ1v) is 14.6. The Labute approximate surface area is 215 Å². The Morgan fingerprint density at radius 3 is 2.65 bits per heavy atom. The second-order valence-corrected chi connectivity index (χ2v) is 10.0. The fraction of sp³-hybridized carbons (Fsp3) is 0.435. The number of anilines is 2. The molecule has 1 fully saturated rings. The van der Waals surface area contributed by atoms with Gasteiger partial charge in [-0.3, -0.25) is 8.77 Å². The van der Waals surface area contributed by atoms with Gasteiger partial charge in [-0.25, -0.2) is 0 Å². The maximum atomic E-state index is 13.1. The van der Waals surface area contributed by atoms with E-state index in [-0.39, 0.29) is 12.0 Å². The smallest absolute Gasteiger partial charge is 0.254 e. The molecule has 0 radical (unpaired) electrons. The number of carbonyl (C=O) groups excluding carboxylic acids is 1. The minimum atomic E-state index is -0.0652. The topological polar surface area (TPSA) is 84.8 Å². The van der Waals surface area contributed by atoms with E-state index >= 15 is 0 Å². The molecule has 9 nitrogen and oxygen atoms in total. The first-order chi connectivity index (χ1) is 16.4. The maximum absolute atomic E-state index is 13.1. The molecule has 34 heavy (non-hydrogen) atoms. The summed E-state index contributed by atoms with van der Waals surface area (Å²) in [5, 5.41) is 4.13. The zero-order valence-electron chi connectivity index (χ0n) is 19.7. The minimum Gasteiger partial charge on any atom is -0.489 e. The third kappa shape index (κ3) is 5.52. The van der Waals surface area contributed by atoms with Gasteiger partial charge in [-0.15, -0.1) is 0 Å². The predicted octanol–water partition coefficient (Wildman–Crippen LogP) is 4.59. The Morgan fingerprint density at radius 1 is 1.21 bits per heavy atom. The summed E-state index contributed by atoms with van der Waals surface area (Å²) < 4.78 is 13.8. The molecule has 3 aromatic rings. The highest BCUT2D eigenvalue weighted by molar-refractivity contribution is 14.2. The van der Waals surface area contributed by atoms with Gasteiger partial charge in [-0.1, -0.05) is 0 Å². The van der Waals surface area contributed by atoms with Gasteiger partial charge in [0.25, 0.3) is 5.91 Å². The van der Waals surface area contributed by atoms with Crippen molar-refractivity contribution in [3.8, 4) is 11.6 Å². The Morgan fingerprint density at radius 2 is 1.97 bits per heavy atom. The molecule has 11 heteroatoms. The molecular weight excluding hydrogens is 567 g/mol. The van der Waals surface area contributed by atoms with Gasteiger partial charge in [-0.05, 0) is 52.1 Å². The Kier molecular flexibility index (Phi) is 8.04. The van der Waals surface area contributed by atoms with Crippen LogP contribution in [-0.2, 0) is 0 Å². The summed E-state index contributed by atoms with van der Waals surface area (Å²) in [7, 11) is 3.59. The summed E-state index contributed by atoms with van der Waals surface area (Å²) in [5.74, 6) is 1.51. The summed E-state index contributed by atoms with van der Waals surface area (Å²) in [6.45, 7) is 9.53. The number of benzene rings is 1. The summed E-state index contributed by atoms with van der Waals surface area (Å²) >= 11 is 2.21. The summed E-state index contributed by atoms with van der Waals surface area (Å²) in [5.41, 5.74) is 2.05. The van der Waals surface area contributed by atoms with Gasteiger partial charge < -0.3 is 24.6 Å².